The van der Waals surface area contributed by atoms with Gasteiger partial charge < -0.3 is 20.1 Å². The van der Waals surface area contributed by atoms with Gasteiger partial charge in [0, 0.05) is 5.56 Å². The third kappa shape index (κ3) is 3.68. The smallest absolute Gasteiger partial charge is 0.425 e. The molecule has 0 saturated heterocycles. The molecule has 3 aromatic rings. The summed E-state index contributed by atoms with van der Waals surface area (Å²) >= 11 is 0. The molecule has 13 heteroatoms. The first-order chi connectivity index (χ1) is 16.9. The number of aromatic amines is 1. The number of carbonyl (C=O) groups is 2. The number of nitrogens with zero attached hydrogens (tertiary/aromatic N) is 1. The fourth-order valence-electron chi connectivity index (χ4n) is 3.94. The molecule has 36 heavy (non-hydrogen) atoms. The molecule has 1 atom stereocenters. The van der Waals surface area contributed by atoms with Gasteiger partial charge in [-0.3, -0.25) is 19.4 Å². The van der Waals surface area contributed by atoms with Crippen molar-refractivity contribution in [1.82, 2.24) is 14.9 Å². The summed E-state index contributed by atoms with van der Waals surface area (Å²) in [4.78, 5) is 53.0. The van der Waals surface area contributed by atoms with Crippen LogP contribution < -0.4 is 31.4 Å². The predicted molar refractivity (Wildman–Crippen MR) is 121 cm³/mol. The van der Waals surface area contributed by atoms with E-state index in [-0.39, 0.29) is 22.7 Å². The van der Waals surface area contributed by atoms with Crippen LogP contribution in [0.1, 0.15) is 21.5 Å². The summed E-state index contributed by atoms with van der Waals surface area (Å²) < 4.78 is 54.6. The zero-order valence-electron chi connectivity index (χ0n) is 19.1. The highest BCUT2D eigenvalue weighted by atomic mass is 19.4. The summed E-state index contributed by atoms with van der Waals surface area (Å²) in [6.45, 7) is 1.75. The van der Waals surface area contributed by atoms with E-state index in [9.17, 15) is 32.3 Å². The minimum Gasteiger partial charge on any atom is -0.493 e. The third-order valence-corrected chi connectivity index (χ3v) is 5.72. The van der Waals surface area contributed by atoms with Crippen LogP contribution in [0, 0.1) is 6.92 Å². The lowest BCUT2D eigenvalue weighted by molar-refractivity contribution is -0.196. The first kappa shape index (κ1) is 24.6. The monoisotopic (exact) mass is 504 g/mol. The molecule has 4 rings (SSSR count). The predicted octanol–water partition coefficient (Wildman–Crippen LogP) is 1.99. The number of rotatable bonds is 5. The van der Waals surface area contributed by atoms with Crippen LogP contribution in [0.25, 0.3) is 5.69 Å². The molecule has 10 nitrogen and oxygen atoms in total. The standard InChI is InChI=1S/C23H19F3N4O6/c1-11-4-7-13(8-5-11)30-17-16(19(32)28-21(30)34)22(20(33)27-17,23(24,25)26)29-18(31)12-6-9-14(35-2)15(10-12)36-3/h4-10H,1-3H3,(H,27,33)(H,29,31)(H,28,32,34). The maximum Gasteiger partial charge on any atom is 0.425 e. The van der Waals surface area contributed by atoms with Gasteiger partial charge in [-0.25, -0.2) is 9.36 Å². The summed E-state index contributed by atoms with van der Waals surface area (Å²) in [5.74, 6) is -3.53. The minimum absolute atomic E-state index is 0.0496. The highest BCUT2D eigenvalue weighted by molar-refractivity contribution is 6.09. The molecule has 0 fully saturated rings. The average molecular weight is 504 g/mol. The van der Waals surface area contributed by atoms with Gasteiger partial charge in [0.05, 0.1) is 19.9 Å². The summed E-state index contributed by atoms with van der Waals surface area (Å²) in [5.41, 5.74) is -6.95. The Kier molecular flexibility index (Phi) is 5.86. The van der Waals surface area contributed by atoms with Gasteiger partial charge >= 0.3 is 11.9 Å². The quantitative estimate of drug-likeness (QED) is 0.487. The van der Waals surface area contributed by atoms with Gasteiger partial charge in [-0.1, -0.05) is 17.7 Å². The first-order valence-corrected chi connectivity index (χ1v) is 10.3. The van der Waals surface area contributed by atoms with Crippen LogP contribution in [0.15, 0.2) is 52.1 Å². The maximum absolute atomic E-state index is 14.6. The number of H-pyrrole nitrogens is 1. The van der Waals surface area contributed by atoms with E-state index in [1.165, 1.54) is 32.4 Å². The molecule has 1 aliphatic rings. The molecule has 1 aliphatic heterocycles. The lowest BCUT2D eigenvalue weighted by Crippen LogP contribution is -2.62. The Bertz CT molecular complexity index is 1490. The molecule has 1 unspecified atom stereocenters. The summed E-state index contributed by atoms with van der Waals surface area (Å²) in [6.07, 6.45) is -5.48. The number of nitrogens with one attached hydrogen (secondary N) is 3. The number of anilines is 1. The van der Waals surface area contributed by atoms with E-state index in [0.717, 1.165) is 22.3 Å². The van der Waals surface area contributed by atoms with E-state index in [4.69, 9.17) is 9.47 Å². The lowest BCUT2D eigenvalue weighted by atomic mass is 9.91. The van der Waals surface area contributed by atoms with Crippen molar-refractivity contribution in [3.63, 3.8) is 0 Å². The molecule has 3 N–H and O–H groups in total. The van der Waals surface area contributed by atoms with E-state index in [2.05, 4.69) is 0 Å². The van der Waals surface area contributed by atoms with E-state index < -0.39 is 46.2 Å². The Hall–Kier alpha value is -4.55. The van der Waals surface area contributed by atoms with Gasteiger partial charge in [-0.05, 0) is 37.3 Å². The van der Waals surface area contributed by atoms with Crippen molar-refractivity contribution < 1.29 is 32.2 Å². The van der Waals surface area contributed by atoms with Crippen molar-refractivity contribution in [3.05, 3.63) is 80.0 Å². The largest absolute Gasteiger partial charge is 0.493 e. The molecule has 0 spiro atoms. The zero-order valence-corrected chi connectivity index (χ0v) is 19.1. The van der Waals surface area contributed by atoms with Crippen LogP contribution >= 0.6 is 0 Å². The van der Waals surface area contributed by atoms with Crippen LogP contribution in [0.4, 0.5) is 19.0 Å². The van der Waals surface area contributed by atoms with E-state index in [0.29, 0.717) is 0 Å². The molecule has 0 bridgehead atoms. The van der Waals surface area contributed by atoms with Crippen molar-refractivity contribution in [3.8, 4) is 17.2 Å². The Labute approximate surface area is 200 Å². The number of aromatic nitrogens is 2. The lowest BCUT2D eigenvalue weighted by Gasteiger charge is -2.30. The van der Waals surface area contributed by atoms with Gasteiger partial charge in [0.25, 0.3) is 22.9 Å². The minimum atomic E-state index is -5.48. The molecule has 1 aromatic heterocycles. The molecule has 2 aromatic carbocycles. The average Bonchev–Trinajstić information content (AvgIpc) is 3.12. The number of ether oxygens (including phenoxy) is 2. The summed E-state index contributed by atoms with van der Waals surface area (Å²) in [5, 5.41) is 3.66. The number of halogens is 3. The van der Waals surface area contributed by atoms with E-state index in [1.807, 2.05) is 10.3 Å². The number of aryl methyl sites for hydroxylation is 1. The van der Waals surface area contributed by atoms with Crippen molar-refractivity contribution in [2.24, 2.45) is 0 Å². The van der Waals surface area contributed by atoms with Crippen molar-refractivity contribution >= 4 is 17.6 Å². The molecular formula is C23H19F3N4O6. The Balaban J connectivity index is 1.92. The number of alkyl halides is 3. The topological polar surface area (TPSA) is 132 Å². The highest BCUT2D eigenvalue weighted by Gasteiger charge is 2.68. The van der Waals surface area contributed by atoms with Crippen LogP contribution in [0.3, 0.4) is 0 Å². The van der Waals surface area contributed by atoms with Gasteiger partial charge in [0.1, 0.15) is 11.4 Å². The molecular weight excluding hydrogens is 485 g/mol. The van der Waals surface area contributed by atoms with E-state index >= 15 is 0 Å². The molecule has 0 saturated carbocycles. The van der Waals surface area contributed by atoms with Crippen LogP contribution in [-0.4, -0.2) is 41.8 Å². The number of carbonyl (C=O) groups excluding carboxylic acids is 2. The number of amides is 2. The Morgan fingerprint density at radius 2 is 1.64 bits per heavy atom. The van der Waals surface area contributed by atoms with E-state index in [1.54, 1.807) is 24.4 Å². The Morgan fingerprint density at radius 3 is 2.22 bits per heavy atom. The second-order valence-corrected chi connectivity index (χ2v) is 7.88. The maximum atomic E-state index is 14.6. The number of hydrogen-bond acceptors (Lipinski definition) is 6. The van der Waals surface area contributed by atoms with Crippen molar-refractivity contribution in [2.45, 2.75) is 18.6 Å². The number of hydrogen-bond donors (Lipinski definition) is 3. The van der Waals surface area contributed by atoms with Crippen LogP contribution in [-0.2, 0) is 10.3 Å². The highest BCUT2D eigenvalue weighted by Crippen LogP contribution is 2.45. The van der Waals surface area contributed by atoms with Crippen LogP contribution in [0.5, 0.6) is 11.5 Å². The molecule has 2 heterocycles. The van der Waals surface area contributed by atoms with Crippen molar-refractivity contribution in [1.29, 1.82) is 0 Å². The normalized spacial score (nSPS) is 16.8. The van der Waals surface area contributed by atoms with Crippen molar-refractivity contribution in [2.75, 3.05) is 19.5 Å². The number of methoxy groups -OCH3 is 2. The fourth-order valence-corrected chi connectivity index (χ4v) is 3.94. The first-order valence-electron chi connectivity index (χ1n) is 10.3. The van der Waals surface area contributed by atoms with Gasteiger partial charge in [-0.2, -0.15) is 13.2 Å². The zero-order chi connectivity index (χ0) is 26.4. The molecule has 188 valence electrons. The third-order valence-electron chi connectivity index (χ3n) is 5.72. The molecule has 2 amide bonds. The molecule has 0 radical (unpaired) electrons. The second kappa shape index (κ2) is 8.59. The summed E-state index contributed by atoms with van der Waals surface area (Å²) in [7, 11) is 2.59. The fraction of sp³-hybridized carbons (Fsp3) is 0.217. The summed E-state index contributed by atoms with van der Waals surface area (Å²) in [6, 6.07) is 9.60. The number of benzene rings is 2. The van der Waals surface area contributed by atoms with Gasteiger partial charge in [0.2, 0.25) is 0 Å². The molecule has 0 aliphatic carbocycles. The van der Waals surface area contributed by atoms with Gasteiger partial charge in [-0.15, -0.1) is 0 Å². The second-order valence-electron chi connectivity index (χ2n) is 7.88. The SMILES string of the molecule is COc1ccc(C(=O)NC2(C(F)(F)F)C(=O)Nc3c2c(=O)[nH]c(=O)n3-c2ccc(C)cc2)cc1OC. The van der Waals surface area contributed by atoms with Crippen LogP contribution in [0.2, 0.25) is 0 Å². The van der Waals surface area contributed by atoms with Gasteiger partial charge in [0.15, 0.2) is 11.5 Å². The number of fused-ring (bicyclic) bond motifs is 1. The Morgan fingerprint density at radius 1 is 1.00 bits per heavy atom.